The van der Waals surface area contributed by atoms with Crippen molar-refractivity contribution in [3.63, 3.8) is 0 Å². The summed E-state index contributed by atoms with van der Waals surface area (Å²) < 4.78 is 5.13. The standard InChI is InChI=1S/C13H23N5O2/c1-3-10-4-5-18(11(6-10)7-14)8-12(19)15-13-17-16-9(2)20-13/h10-11H,3-8,14H2,1-2H3,(H,15,17,19). The monoisotopic (exact) mass is 281 g/mol. The molecule has 1 aromatic heterocycles. The zero-order chi connectivity index (χ0) is 14.5. The number of carbonyl (C=O) groups is 1. The van der Waals surface area contributed by atoms with Gasteiger partial charge in [0.15, 0.2) is 0 Å². The molecule has 2 atom stereocenters. The van der Waals surface area contributed by atoms with Crippen LogP contribution in [0.25, 0.3) is 0 Å². The van der Waals surface area contributed by atoms with Crippen LogP contribution in [0.5, 0.6) is 0 Å². The lowest BCUT2D eigenvalue weighted by molar-refractivity contribution is -0.118. The fourth-order valence-electron chi connectivity index (χ4n) is 2.70. The smallest absolute Gasteiger partial charge is 0.322 e. The SMILES string of the molecule is CCC1CCN(CC(=O)Nc2nnc(C)o2)C(CN)C1. The third kappa shape index (κ3) is 3.77. The number of hydrogen-bond acceptors (Lipinski definition) is 6. The minimum Gasteiger partial charge on any atom is -0.408 e. The van der Waals surface area contributed by atoms with Gasteiger partial charge in [-0.3, -0.25) is 15.0 Å². The lowest BCUT2D eigenvalue weighted by Gasteiger charge is -2.38. The molecule has 3 N–H and O–H groups in total. The van der Waals surface area contributed by atoms with Gasteiger partial charge in [-0.05, 0) is 25.3 Å². The molecule has 7 nitrogen and oxygen atoms in total. The summed E-state index contributed by atoms with van der Waals surface area (Å²) in [4.78, 5) is 14.1. The molecule has 0 spiro atoms. The molecule has 1 aliphatic rings. The molecule has 1 saturated heterocycles. The van der Waals surface area contributed by atoms with Crippen LogP contribution >= 0.6 is 0 Å². The molecule has 7 heteroatoms. The Hall–Kier alpha value is -1.47. The van der Waals surface area contributed by atoms with Crippen LogP contribution in [0.2, 0.25) is 0 Å². The van der Waals surface area contributed by atoms with Gasteiger partial charge in [-0.15, -0.1) is 5.10 Å². The number of carbonyl (C=O) groups excluding carboxylic acids is 1. The molecule has 2 rings (SSSR count). The molecule has 2 unspecified atom stereocenters. The predicted octanol–water partition coefficient (Wildman–Crippen LogP) is 0.766. The van der Waals surface area contributed by atoms with E-state index >= 15 is 0 Å². The second-order valence-corrected chi connectivity index (χ2v) is 5.33. The van der Waals surface area contributed by atoms with E-state index in [2.05, 4.69) is 27.3 Å². The summed E-state index contributed by atoms with van der Waals surface area (Å²) in [6.07, 6.45) is 3.37. The van der Waals surface area contributed by atoms with E-state index in [0.717, 1.165) is 25.3 Å². The summed E-state index contributed by atoms with van der Waals surface area (Å²) >= 11 is 0. The summed E-state index contributed by atoms with van der Waals surface area (Å²) in [5.74, 6) is 1.02. The molecular weight excluding hydrogens is 258 g/mol. The molecule has 0 aromatic carbocycles. The van der Waals surface area contributed by atoms with E-state index in [1.807, 2.05) is 0 Å². The molecule has 2 heterocycles. The van der Waals surface area contributed by atoms with Gasteiger partial charge in [0.1, 0.15) is 0 Å². The zero-order valence-electron chi connectivity index (χ0n) is 12.1. The van der Waals surface area contributed by atoms with Crippen LogP contribution in [0, 0.1) is 12.8 Å². The Morgan fingerprint density at radius 1 is 1.55 bits per heavy atom. The first-order valence-corrected chi connectivity index (χ1v) is 7.16. The number of hydrogen-bond donors (Lipinski definition) is 2. The van der Waals surface area contributed by atoms with Crippen molar-refractivity contribution in [1.29, 1.82) is 0 Å². The molecule has 0 saturated carbocycles. The Kier molecular flexibility index (Phi) is 5.08. The topological polar surface area (TPSA) is 97.3 Å². The van der Waals surface area contributed by atoms with Crippen molar-refractivity contribution in [3.05, 3.63) is 5.89 Å². The summed E-state index contributed by atoms with van der Waals surface area (Å²) in [5.41, 5.74) is 5.83. The van der Waals surface area contributed by atoms with Crippen LogP contribution in [0.15, 0.2) is 4.42 Å². The number of nitrogens with zero attached hydrogens (tertiary/aromatic N) is 3. The average Bonchev–Trinajstić information content (AvgIpc) is 2.84. The van der Waals surface area contributed by atoms with Crippen molar-refractivity contribution in [1.82, 2.24) is 15.1 Å². The molecule has 1 amide bonds. The third-order valence-electron chi connectivity index (χ3n) is 3.91. The second-order valence-electron chi connectivity index (χ2n) is 5.33. The van der Waals surface area contributed by atoms with Gasteiger partial charge in [0, 0.05) is 19.5 Å². The fraction of sp³-hybridized carbons (Fsp3) is 0.769. The zero-order valence-corrected chi connectivity index (χ0v) is 12.1. The first kappa shape index (κ1) is 14.9. The van der Waals surface area contributed by atoms with E-state index in [4.69, 9.17) is 10.2 Å². The molecule has 1 aromatic rings. The number of nitrogens with one attached hydrogen (secondary N) is 1. The van der Waals surface area contributed by atoms with Gasteiger partial charge in [0.25, 0.3) is 0 Å². The highest BCUT2D eigenvalue weighted by atomic mass is 16.4. The number of aromatic nitrogens is 2. The summed E-state index contributed by atoms with van der Waals surface area (Å²) in [6.45, 7) is 5.71. The number of aryl methyl sites for hydroxylation is 1. The first-order chi connectivity index (χ1) is 9.62. The average molecular weight is 281 g/mol. The van der Waals surface area contributed by atoms with Gasteiger partial charge in [-0.1, -0.05) is 18.4 Å². The highest BCUT2D eigenvalue weighted by molar-refractivity contribution is 5.90. The Morgan fingerprint density at radius 3 is 2.95 bits per heavy atom. The first-order valence-electron chi connectivity index (χ1n) is 7.16. The van der Waals surface area contributed by atoms with Crippen LogP contribution in [-0.2, 0) is 4.79 Å². The van der Waals surface area contributed by atoms with E-state index < -0.39 is 0 Å². The maximum Gasteiger partial charge on any atom is 0.322 e. The van der Waals surface area contributed by atoms with E-state index in [9.17, 15) is 4.79 Å². The van der Waals surface area contributed by atoms with E-state index in [1.165, 1.54) is 6.42 Å². The summed E-state index contributed by atoms with van der Waals surface area (Å²) in [5, 5.41) is 10.0. The molecule has 20 heavy (non-hydrogen) atoms. The van der Waals surface area contributed by atoms with Crippen molar-refractivity contribution in [2.45, 2.75) is 39.2 Å². The number of anilines is 1. The quantitative estimate of drug-likeness (QED) is 0.827. The minimum absolute atomic E-state index is 0.137. The van der Waals surface area contributed by atoms with Crippen LogP contribution in [0.1, 0.15) is 32.1 Å². The van der Waals surface area contributed by atoms with Crippen LogP contribution < -0.4 is 11.1 Å². The van der Waals surface area contributed by atoms with Crippen molar-refractivity contribution in [2.24, 2.45) is 11.7 Å². The number of rotatable bonds is 5. The lowest BCUT2D eigenvalue weighted by Crippen LogP contribution is -2.49. The maximum absolute atomic E-state index is 12.0. The summed E-state index contributed by atoms with van der Waals surface area (Å²) in [6, 6.07) is 0.434. The Balaban J connectivity index is 1.86. The third-order valence-corrected chi connectivity index (χ3v) is 3.91. The number of piperidine rings is 1. The molecular formula is C13H23N5O2. The van der Waals surface area contributed by atoms with Gasteiger partial charge in [0.2, 0.25) is 11.8 Å². The normalized spacial score (nSPS) is 23.8. The highest BCUT2D eigenvalue weighted by Crippen LogP contribution is 2.24. The highest BCUT2D eigenvalue weighted by Gasteiger charge is 2.28. The van der Waals surface area contributed by atoms with Crippen molar-refractivity contribution < 1.29 is 9.21 Å². The molecule has 112 valence electrons. The van der Waals surface area contributed by atoms with Gasteiger partial charge in [-0.25, -0.2) is 0 Å². The van der Waals surface area contributed by atoms with E-state index in [1.54, 1.807) is 6.92 Å². The van der Waals surface area contributed by atoms with Crippen molar-refractivity contribution in [3.8, 4) is 0 Å². The largest absolute Gasteiger partial charge is 0.408 e. The van der Waals surface area contributed by atoms with Gasteiger partial charge >= 0.3 is 6.01 Å². The Bertz CT molecular complexity index is 448. The van der Waals surface area contributed by atoms with Gasteiger partial charge in [-0.2, -0.15) is 0 Å². The second kappa shape index (κ2) is 6.81. The minimum atomic E-state index is -0.137. The molecule has 0 aliphatic carbocycles. The van der Waals surface area contributed by atoms with E-state index in [0.29, 0.717) is 19.0 Å². The van der Waals surface area contributed by atoms with Crippen LogP contribution in [0.4, 0.5) is 6.01 Å². The summed E-state index contributed by atoms with van der Waals surface area (Å²) in [7, 11) is 0. The molecule has 1 aliphatic heterocycles. The Morgan fingerprint density at radius 2 is 2.35 bits per heavy atom. The van der Waals surface area contributed by atoms with Gasteiger partial charge < -0.3 is 10.2 Å². The number of amides is 1. The number of likely N-dealkylation sites (tertiary alicyclic amines) is 1. The fourth-order valence-corrected chi connectivity index (χ4v) is 2.70. The van der Waals surface area contributed by atoms with Gasteiger partial charge in [0.05, 0.1) is 6.54 Å². The predicted molar refractivity (Wildman–Crippen MR) is 75.1 cm³/mol. The molecule has 0 bridgehead atoms. The molecule has 1 fully saturated rings. The van der Waals surface area contributed by atoms with Crippen molar-refractivity contribution >= 4 is 11.9 Å². The van der Waals surface area contributed by atoms with Crippen LogP contribution in [-0.4, -0.2) is 46.7 Å². The van der Waals surface area contributed by atoms with E-state index in [-0.39, 0.29) is 18.0 Å². The number of nitrogens with two attached hydrogens (primary N) is 1. The van der Waals surface area contributed by atoms with Crippen LogP contribution in [0.3, 0.4) is 0 Å². The molecule has 0 radical (unpaired) electrons. The van der Waals surface area contributed by atoms with Crippen molar-refractivity contribution in [2.75, 3.05) is 25.0 Å². The maximum atomic E-state index is 12.0. The Labute approximate surface area is 118 Å². The lowest BCUT2D eigenvalue weighted by atomic mass is 9.89.